The van der Waals surface area contributed by atoms with E-state index in [-0.39, 0.29) is 24.6 Å². The van der Waals surface area contributed by atoms with Gasteiger partial charge in [0, 0.05) is 12.6 Å². The summed E-state index contributed by atoms with van der Waals surface area (Å²) in [6, 6.07) is 1.41. The minimum Gasteiger partial charge on any atom is -0.394 e. The second-order valence-electron chi connectivity index (χ2n) is 3.51. The number of hydrogen-bond acceptors (Lipinski definition) is 6. The molecular formula is C9H11N3O4. The lowest BCUT2D eigenvalue weighted by Gasteiger charge is -2.12. The predicted molar refractivity (Wildman–Crippen MR) is 53.5 cm³/mol. The highest BCUT2D eigenvalue weighted by atomic mass is 16.5. The van der Waals surface area contributed by atoms with Crippen LogP contribution in [0.2, 0.25) is 0 Å². The third-order valence-corrected chi connectivity index (χ3v) is 2.33. The molecule has 0 aliphatic carbocycles. The van der Waals surface area contributed by atoms with Gasteiger partial charge in [-0.15, -0.1) is 0 Å². The number of rotatable bonds is 2. The molecule has 1 fully saturated rings. The molecule has 0 saturated carbocycles. The Kier molecular flexibility index (Phi) is 2.71. The number of nitrogens with two attached hydrogens (primary N) is 1. The Labute approximate surface area is 90.5 Å². The Morgan fingerprint density at radius 3 is 2.94 bits per heavy atom. The van der Waals surface area contributed by atoms with E-state index in [0.717, 1.165) is 4.57 Å². The van der Waals surface area contributed by atoms with Crippen molar-refractivity contribution in [1.82, 2.24) is 9.55 Å². The van der Waals surface area contributed by atoms with Gasteiger partial charge in [-0.25, -0.2) is 4.79 Å². The summed E-state index contributed by atoms with van der Waals surface area (Å²) in [5.41, 5.74) is 4.68. The molecule has 86 valence electrons. The molecule has 2 heterocycles. The zero-order chi connectivity index (χ0) is 11.7. The van der Waals surface area contributed by atoms with Crippen LogP contribution >= 0.6 is 0 Å². The van der Waals surface area contributed by atoms with Crippen molar-refractivity contribution in [2.24, 2.45) is 0 Å². The first-order chi connectivity index (χ1) is 7.61. The molecular weight excluding hydrogens is 214 g/mol. The van der Waals surface area contributed by atoms with Crippen LogP contribution in [0.5, 0.6) is 0 Å². The van der Waals surface area contributed by atoms with Gasteiger partial charge < -0.3 is 15.6 Å². The predicted octanol–water partition coefficient (Wildman–Crippen LogP) is -1.33. The SMILES string of the molecule is Nc1ccn([C@@H]2O[C@H](CO)CC2=O)c(=O)n1. The minimum absolute atomic E-state index is 0.0883. The first-order valence-corrected chi connectivity index (χ1v) is 4.75. The molecule has 1 saturated heterocycles. The van der Waals surface area contributed by atoms with Crippen molar-refractivity contribution >= 4 is 11.6 Å². The summed E-state index contributed by atoms with van der Waals surface area (Å²) < 4.78 is 6.28. The van der Waals surface area contributed by atoms with Crippen molar-refractivity contribution in [3.63, 3.8) is 0 Å². The second-order valence-corrected chi connectivity index (χ2v) is 3.51. The van der Waals surface area contributed by atoms with Gasteiger partial charge in [-0.1, -0.05) is 0 Å². The van der Waals surface area contributed by atoms with Gasteiger partial charge in [0.15, 0.2) is 12.0 Å². The van der Waals surface area contributed by atoms with Gasteiger partial charge in [0.1, 0.15) is 5.82 Å². The van der Waals surface area contributed by atoms with Gasteiger partial charge in [-0.05, 0) is 6.07 Å². The first kappa shape index (κ1) is 10.8. The number of Topliss-reactive ketones (excluding diaryl/α,β-unsaturated/α-hetero) is 1. The van der Waals surface area contributed by atoms with E-state index in [1.54, 1.807) is 0 Å². The molecule has 0 spiro atoms. The van der Waals surface area contributed by atoms with E-state index >= 15 is 0 Å². The first-order valence-electron chi connectivity index (χ1n) is 4.75. The third kappa shape index (κ3) is 1.82. The van der Waals surface area contributed by atoms with Crippen LogP contribution in [0.25, 0.3) is 0 Å². The molecule has 0 unspecified atom stereocenters. The quantitative estimate of drug-likeness (QED) is 0.646. The van der Waals surface area contributed by atoms with Crippen LogP contribution in [0.15, 0.2) is 17.1 Å². The van der Waals surface area contributed by atoms with Crippen molar-refractivity contribution in [2.75, 3.05) is 12.3 Å². The van der Waals surface area contributed by atoms with Gasteiger partial charge in [0.05, 0.1) is 12.7 Å². The van der Waals surface area contributed by atoms with Gasteiger partial charge in [-0.2, -0.15) is 4.98 Å². The highest BCUT2D eigenvalue weighted by Crippen LogP contribution is 2.23. The van der Waals surface area contributed by atoms with Gasteiger partial charge in [0.2, 0.25) is 0 Å². The van der Waals surface area contributed by atoms with E-state index in [0.29, 0.717) is 0 Å². The molecule has 2 rings (SSSR count). The van der Waals surface area contributed by atoms with Crippen molar-refractivity contribution in [3.05, 3.63) is 22.7 Å². The maximum Gasteiger partial charge on any atom is 0.351 e. The molecule has 1 aliphatic heterocycles. The summed E-state index contributed by atoms with van der Waals surface area (Å²) in [5, 5.41) is 8.86. The molecule has 1 aromatic heterocycles. The van der Waals surface area contributed by atoms with E-state index in [2.05, 4.69) is 4.98 Å². The number of hydrogen-bond donors (Lipinski definition) is 2. The smallest absolute Gasteiger partial charge is 0.351 e. The zero-order valence-electron chi connectivity index (χ0n) is 8.37. The molecule has 2 atom stereocenters. The minimum atomic E-state index is -1.00. The highest BCUT2D eigenvalue weighted by molar-refractivity contribution is 5.83. The molecule has 16 heavy (non-hydrogen) atoms. The molecule has 0 bridgehead atoms. The molecule has 3 N–H and O–H groups in total. The standard InChI is InChI=1S/C9H11N3O4/c10-7-1-2-12(9(15)11-7)8-6(14)3-5(4-13)16-8/h1-2,5,8,13H,3-4H2,(H2,10,11,15)/t5-,8+/m0/s1. The number of aliphatic hydroxyl groups excluding tert-OH is 1. The number of ether oxygens (including phenoxy) is 1. The lowest BCUT2D eigenvalue weighted by atomic mass is 10.2. The van der Waals surface area contributed by atoms with Crippen molar-refractivity contribution in [2.45, 2.75) is 18.8 Å². The maximum atomic E-state index is 11.5. The Balaban J connectivity index is 2.31. The monoisotopic (exact) mass is 225 g/mol. The maximum absolute atomic E-state index is 11.5. The van der Waals surface area contributed by atoms with Crippen LogP contribution in [-0.4, -0.2) is 33.2 Å². The number of aromatic nitrogens is 2. The molecule has 7 nitrogen and oxygen atoms in total. The van der Waals surface area contributed by atoms with Gasteiger partial charge in [0.25, 0.3) is 0 Å². The van der Waals surface area contributed by atoms with Gasteiger partial charge in [-0.3, -0.25) is 9.36 Å². The van der Waals surface area contributed by atoms with Crippen LogP contribution in [0, 0.1) is 0 Å². The molecule has 0 aromatic carbocycles. The molecule has 0 radical (unpaired) electrons. The van der Waals surface area contributed by atoms with Crippen molar-refractivity contribution in [1.29, 1.82) is 0 Å². The summed E-state index contributed by atoms with van der Waals surface area (Å²) in [4.78, 5) is 26.5. The molecule has 1 aromatic rings. The number of aliphatic hydroxyl groups is 1. The Morgan fingerprint density at radius 1 is 1.62 bits per heavy atom. The van der Waals surface area contributed by atoms with E-state index in [1.165, 1.54) is 12.3 Å². The summed E-state index contributed by atoms with van der Waals surface area (Å²) >= 11 is 0. The van der Waals surface area contributed by atoms with Crippen molar-refractivity contribution in [3.8, 4) is 0 Å². The zero-order valence-corrected chi connectivity index (χ0v) is 8.37. The number of nitrogen functional groups attached to an aromatic ring is 1. The Morgan fingerprint density at radius 2 is 2.38 bits per heavy atom. The summed E-state index contributed by atoms with van der Waals surface area (Å²) in [6.45, 7) is -0.251. The third-order valence-electron chi connectivity index (χ3n) is 2.33. The van der Waals surface area contributed by atoms with E-state index in [1.807, 2.05) is 0 Å². The number of nitrogens with zero attached hydrogens (tertiary/aromatic N) is 2. The van der Waals surface area contributed by atoms with Crippen LogP contribution in [0.4, 0.5) is 5.82 Å². The fraction of sp³-hybridized carbons (Fsp3) is 0.444. The summed E-state index contributed by atoms with van der Waals surface area (Å²) in [7, 11) is 0. The van der Waals surface area contributed by atoms with Crippen LogP contribution in [0.3, 0.4) is 0 Å². The summed E-state index contributed by atoms with van der Waals surface area (Å²) in [6.07, 6.45) is -0.106. The van der Waals surface area contributed by atoms with Crippen molar-refractivity contribution < 1.29 is 14.6 Å². The normalized spacial score (nSPS) is 24.9. The number of ketones is 1. The van der Waals surface area contributed by atoms with E-state index < -0.39 is 18.0 Å². The Bertz CT molecular complexity index is 470. The summed E-state index contributed by atoms with van der Waals surface area (Å²) in [5.74, 6) is -0.168. The number of anilines is 1. The van der Waals surface area contributed by atoms with Crippen LogP contribution in [0.1, 0.15) is 12.6 Å². The molecule has 0 amide bonds. The van der Waals surface area contributed by atoms with E-state index in [9.17, 15) is 9.59 Å². The topological polar surface area (TPSA) is 107 Å². The molecule has 7 heteroatoms. The average molecular weight is 225 g/mol. The second kappa shape index (κ2) is 4.03. The largest absolute Gasteiger partial charge is 0.394 e. The lowest BCUT2D eigenvalue weighted by Crippen LogP contribution is -2.30. The van der Waals surface area contributed by atoms with Gasteiger partial charge >= 0.3 is 5.69 Å². The number of carbonyl (C=O) groups excluding carboxylic acids is 1. The molecule has 1 aliphatic rings. The fourth-order valence-electron chi connectivity index (χ4n) is 1.56. The fourth-order valence-corrected chi connectivity index (χ4v) is 1.56. The number of carbonyl (C=O) groups is 1. The average Bonchev–Trinajstić information content (AvgIpc) is 2.60. The van der Waals surface area contributed by atoms with E-state index in [4.69, 9.17) is 15.6 Å². The Hall–Kier alpha value is -1.73. The van der Waals surface area contributed by atoms with Crippen LogP contribution < -0.4 is 11.4 Å². The van der Waals surface area contributed by atoms with Crippen LogP contribution in [-0.2, 0) is 9.53 Å². The lowest BCUT2D eigenvalue weighted by molar-refractivity contribution is -0.127. The highest BCUT2D eigenvalue weighted by Gasteiger charge is 2.34.